The summed E-state index contributed by atoms with van der Waals surface area (Å²) in [6.07, 6.45) is 3.37. The molecule has 3 aromatic heterocycles. The van der Waals surface area contributed by atoms with Crippen LogP contribution in [0.4, 0.5) is 0 Å². The number of aromatic amines is 1. The quantitative estimate of drug-likeness (QED) is 0.445. The number of aromatic nitrogens is 4. The Kier molecular flexibility index (Phi) is 4.11. The van der Waals surface area contributed by atoms with Crippen LogP contribution in [-0.2, 0) is 0 Å². The van der Waals surface area contributed by atoms with Gasteiger partial charge in [0.15, 0.2) is 11.2 Å². The summed E-state index contributed by atoms with van der Waals surface area (Å²) in [5.41, 5.74) is 5.29. The molecule has 0 aliphatic heterocycles. The van der Waals surface area contributed by atoms with Crippen molar-refractivity contribution in [3.8, 4) is 22.5 Å². The molecule has 1 N–H and O–H groups in total. The molecule has 3 heterocycles. The Morgan fingerprint density at radius 3 is 2.52 bits per heavy atom. The number of hydrogen-bond acceptors (Lipinski definition) is 4. The third-order valence-electron chi connectivity index (χ3n) is 4.78. The average molecular weight is 399 g/mol. The number of nitrogens with zero attached hydrogens (tertiary/aromatic N) is 3. The maximum absolute atomic E-state index is 12.4. The van der Waals surface area contributed by atoms with Crippen LogP contribution in [0.15, 0.2) is 71.8 Å². The zero-order valence-electron chi connectivity index (χ0n) is 15.5. The monoisotopic (exact) mass is 398 g/mol. The molecule has 0 amide bonds. The molecule has 2 aromatic carbocycles. The van der Waals surface area contributed by atoms with Gasteiger partial charge >= 0.3 is 0 Å². The highest BCUT2D eigenvalue weighted by Gasteiger charge is 2.16. The van der Waals surface area contributed by atoms with Crippen molar-refractivity contribution in [3.63, 3.8) is 0 Å². The smallest absolute Gasteiger partial charge is 0.209 e. The van der Waals surface area contributed by atoms with Crippen LogP contribution in [-0.4, -0.2) is 19.9 Å². The first kappa shape index (κ1) is 17.5. The van der Waals surface area contributed by atoms with Crippen LogP contribution < -0.4 is 5.43 Å². The average Bonchev–Trinajstić information content (AvgIpc) is 2.73. The van der Waals surface area contributed by atoms with Gasteiger partial charge in [0, 0.05) is 35.0 Å². The van der Waals surface area contributed by atoms with Crippen molar-refractivity contribution in [2.75, 3.05) is 0 Å². The number of rotatable bonds is 2. The Balaban J connectivity index is 1.87. The fraction of sp³-hybridized carbons (Fsp3) is 0.0435. The molecule has 0 radical (unpaired) electrons. The van der Waals surface area contributed by atoms with Gasteiger partial charge in [0.05, 0.1) is 21.9 Å². The summed E-state index contributed by atoms with van der Waals surface area (Å²) in [5.74, 6) is 0. The van der Waals surface area contributed by atoms with Gasteiger partial charge in [0.2, 0.25) is 5.43 Å². The highest BCUT2D eigenvalue weighted by atomic mass is 35.5. The zero-order valence-corrected chi connectivity index (χ0v) is 16.2. The maximum Gasteiger partial charge on any atom is 0.209 e. The first-order valence-electron chi connectivity index (χ1n) is 9.11. The van der Waals surface area contributed by atoms with Crippen molar-refractivity contribution in [2.45, 2.75) is 6.92 Å². The number of hydrogen-bond donors (Lipinski definition) is 1. The molecule has 0 atom stereocenters. The molecular formula is C23H15ClN4O. The number of nitrogens with one attached hydrogen (secondary N) is 1. The Bertz CT molecular complexity index is 1440. The molecule has 0 saturated carbocycles. The van der Waals surface area contributed by atoms with Crippen LogP contribution in [0, 0.1) is 6.92 Å². The van der Waals surface area contributed by atoms with Gasteiger partial charge in [-0.2, -0.15) is 0 Å². The molecule has 5 aromatic rings. The lowest BCUT2D eigenvalue weighted by Gasteiger charge is -2.12. The number of fused-ring (bicyclic) bond motifs is 2. The Morgan fingerprint density at radius 2 is 1.69 bits per heavy atom. The van der Waals surface area contributed by atoms with Crippen LogP contribution in [0.5, 0.6) is 0 Å². The summed E-state index contributed by atoms with van der Waals surface area (Å²) in [6.45, 7) is 1.98. The minimum atomic E-state index is -0.184. The molecule has 140 valence electrons. The second-order valence-corrected chi connectivity index (χ2v) is 7.28. The Labute approximate surface area is 171 Å². The molecule has 5 nitrogen and oxygen atoms in total. The van der Waals surface area contributed by atoms with Crippen LogP contribution in [0.2, 0.25) is 5.02 Å². The molecule has 29 heavy (non-hydrogen) atoms. The second kappa shape index (κ2) is 6.79. The lowest BCUT2D eigenvalue weighted by molar-refractivity contribution is 1.22. The maximum atomic E-state index is 12.4. The molecule has 6 heteroatoms. The number of H-pyrrole nitrogens is 1. The van der Waals surface area contributed by atoms with E-state index in [1.54, 1.807) is 12.4 Å². The van der Waals surface area contributed by atoms with Gasteiger partial charge < -0.3 is 4.98 Å². The summed E-state index contributed by atoms with van der Waals surface area (Å²) in [6, 6.07) is 17.1. The van der Waals surface area contributed by atoms with Crippen molar-refractivity contribution in [3.05, 3.63) is 87.8 Å². The summed E-state index contributed by atoms with van der Waals surface area (Å²) >= 11 is 6.53. The number of benzene rings is 2. The second-order valence-electron chi connectivity index (χ2n) is 6.87. The van der Waals surface area contributed by atoms with E-state index in [2.05, 4.69) is 9.97 Å². The Hall–Kier alpha value is -3.57. The lowest BCUT2D eigenvalue weighted by Crippen LogP contribution is -2.06. The van der Waals surface area contributed by atoms with Gasteiger partial charge in [-0.3, -0.25) is 9.78 Å². The Morgan fingerprint density at radius 1 is 0.897 bits per heavy atom. The van der Waals surface area contributed by atoms with Crippen LogP contribution in [0.3, 0.4) is 0 Å². The van der Waals surface area contributed by atoms with Crippen molar-refractivity contribution in [1.29, 1.82) is 0 Å². The van der Waals surface area contributed by atoms with Gasteiger partial charge in [0.25, 0.3) is 0 Å². The normalized spacial score (nSPS) is 11.2. The molecule has 0 saturated heterocycles. The summed E-state index contributed by atoms with van der Waals surface area (Å²) in [7, 11) is 0. The molecule has 0 spiro atoms. The van der Waals surface area contributed by atoms with E-state index in [-0.39, 0.29) is 5.43 Å². The first-order valence-corrected chi connectivity index (χ1v) is 9.49. The fourth-order valence-electron chi connectivity index (χ4n) is 3.43. The summed E-state index contributed by atoms with van der Waals surface area (Å²) < 4.78 is 0. The van der Waals surface area contributed by atoms with E-state index in [1.807, 2.05) is 55.5 Å². The van der Waals surface area contributed by atoms with Gasteiger partial charge in [-0.1, -0.05) is 41.9 Å². The van der Waals surface area contributed by atoms with E-state index in [1.165, 1.54) is 6.07 Å². The molecule has 0 aliphatic rings. The van der Waals surface area contributed by atoms with Crippen molar-refractivity contribution < 1.29 is 0 Å². The summed E-state index contributed by atoms with van der Waals surface area (Å²) in [5, 5.41) is 1.44. The van der Waals surface area contributed by atoms with E-state index >= 15 is 0 Å². The van der Waals surface area contributed by atoms with Crippen LogP contribution >= 0.6 is 11.6 Å². The van der Waals surface area contributed by atoms with E-state index in [9.17, 15) is 4.79 Å². The van der Waals surface area contributed by atoms with E-state index < -0.39 is 0 Å². The largest absolute Gasteiger partial charge is 0.345 e. The molecular weight excluding hydrogens is 384 g/mol. The molecule has 0 unspecified atom stereocenters. The first-order chi connectivity index (χ1) is 14.1. The predicted octanol–water partition coefficient (Wildman–Crippen LogP) is 5.16. The third kappa shape index (κ3) is 3.05. The lowest BCUT2D eigenvalue weighted by atomic mass is 10.0. The predicted molar refractivity (Wildman–Crippen MR) is 116 cm³/mol. The van der Waals surface area contributed by atoms with E-state index in [0.29, 0.717) is 27.6 Å². The third-order valence-corrected chi connectivity index (χ3v) is 5.07. The molecule has 0 aliphatic carbocycles. The highest BCUT2D eigenvalue weighted by Crippen LogP contribution is 2.34. The fourth-order valence-corrected chi connectivity index (χ4v) is 3.71. The van der Waals surface area contributed by atoms with E-state index in [0.717, 1.165) is 27.6 Å². The number of aryl methyl sites for hydroxylation is 1. The standard InChI is InChI=1S/C23H15ClN4O/c1-13-9-15-10-16(11-17(24)19(15)26-12-13)21-20(14-5-3-2-4-6-14)28-23-22(27-21)18(29)7-8-25-23/h2-12H,1H3,(H,25,28,29). The molecule has 0 bridgehead atoms. The number of pyridine rings is 2. The summed E-state index contributed by atoms with van der Waals surface area (Å²) in [4.78, 5) is 29.3. The van der Waals surface area contributed by atoms with Gasteiger partial charge in [-0.05, 0) is 30.7 Å². The van der Waals surface area contributed by atoms with Gasteiger partial charge in [0.1, 0.15) is 0 Å². The molecule has 0 fully saturated rings. The van der Waals surface area contributed by atoms with Crippen LogP contribution in [0.25, 0.3) is 44.6 Å². The van der Waals surface area contributed by atoms with E-state index in [4.69, 9.17) is 21.6 Å². The zero-order chi connectivity index (χ0) is 20.0. The molecule has 5 rings (SSSR count). The van der Waals surface area contributed by atoms with Crippen molar-refractivity contribution in [2.24, 2.45) is 0 Å². The highest BCUT2D eigenvalue weighted by molar-refractivity contribution is 6.35. The minimum absolute atomic E-state index is 0.184. The topological polar surface area (TPSA) is 71.5 Å². The van der Waals surface area contributed by atoms with Crippen molar-refractivity contribution in [1.82, 2.24) is 19.9 Å². The number of halogens is 1. The SMILES string of the molecule is Cc1cnc2c(Cl)cc(-c3nc4c(=O)cc[nH]c4nc3-c3ccccc3)cc2c1. The minimum Gasteiger partial charge on any atom is -0.345 e. The van der Waals surface area contributed by atoms with Gasteiger partial charge in [-0.25, -0.2) is 9.97 Å². The van der Waals surface area contributed by atoms with Gasteiger partial charge in [-0.15, -0.1) is 0 Å². The van der Waals surface area contributed by atoms with Crippen molar-refractivity contribution >= 4 is 33.7 Å². The van der Waals surface area contributed by atoms with Crippen LogP contribution in [0.1, 0.15) is 5.56 Å².